The van der Waals surface area contributed by atoms with Crippen LogP contribution in [0.4, 0.5) is 0 Å². The fourth-order valence-corrected chi connectivity index (χ4v) is 4.15. The molecule has 3 heterocycles. The van der Waals surface area contributed by atoms with Crippen molar-refractivity contribution in [3.8, 4) is 0 Å². The molecule has 0 N–H and O–H groups in total. The van der Waals surface area contributed by atoms with Gasteiger partial charge in [0.2, 0.25) is 0 Å². The zero-order valence-corrected chi connectivity index (χ0v) is 10.9. The number of nitrogens with zero attached hydrogens (tertiary/aromatic N) is 1. The predicted octanol–water partition coefficient (Wildman–Crippen LogP) is 3.14. The van der Waals surface area contributed by atoms with Gasteiger partial charge in [-0.1, -0.05) is 28.1 Å². The van der Waals surface area contributed by atoms with Crippen molar-refractivity contribution in [2.24, 2.45) is 0 Å². The molecular weight excluding hydrogens is 270 g/mol. The number of benzene rings is 1. The normalized spacial score (nSPS) is 29.9. The van der Waals surface area contributed by atoms with Gasteiger partial charge in [0.25, 0.3) is 0 Å². The van der Waals surface area contributed by atoms with E-state index in [-0.39, 0.29) is 0 Å². The van der Waals surface area contributed by atoms with E-state index in [1.807, 2.05) is 0 Å². The van der Waals surface area contributed by atoms with Gasteiger partial charge in [-0.25, -0.2) is 0 Å². The Morgan fingerprint density at radius 3 is 2.40 bits per heavy atom. The zero-order chi connectivity index (χ0) is 10.3. The Bertz CT molecular complexity index is 335. The topological polar surface area (TPSA) is 3.24 Å². The maximum atomic E-state index is 3.47. The molecule has 15 heavy (non-hydrogen) atoms. The molecule has 1 nitrogen and oxygen atoms in total. The van der Waals surface area contributed by atoms with Crippen LogP contribution < -0.4 is 0 Å². The van der Waals surface area contributed by atoms with Crippen LogP contribution in [-0.2, 0) is 6.54 Å². The lowest BCUT2D eigenvalue weighted by molar-refractivity contribution is 0.215. The molecule has 0 spiro atoms. The van der Waals surface area contributed by atoms with Gasteiger partial charge >= 0.3 is 0 Å². The van der Waals surface area contributed by atoms with E-state index in [9.17, 15) is 0 Å². The van der Waals surface area contributed by atoms with Crippen molar-refractivity contribution in [1.29, 1.82) is 0 Å². The van der Waals surface area contributed by atoms with Crippen molar-refractivity contribution in [1.82, 2.24) is 4.90 Å². The van der Waals surface area contributed by atoms with E-state index in [4.69, 9.17) is 0 Å². The minimum Gasteiger partial charge on any atom is -0.297 e. The Hall–Kier alpha value is 0.01000. The van der Waals surface area contributed by atoms with E-state index < -0.39 is 0 Å². The summed E-state index contributed by atoms with van der Waals surface area (Å²) in [5.41, 5.74) is 1.43. The van der Waals surface area contributed by atoms with E-state index in [0.717, 1.165) is 17.0 Å². The Labute approximate surface area is 103 Å². The lowest BCUT2D eigenvalue weighted by Gasteiger charge is -2.46. The highest BCUT2D eigenvalue weighted by atomic mass is 79.9. The molecular formula is C12H14BrNS. The van der Waals surface area contributed by atoms with Crippen molar-refractivity contribution in [2.75, 3.05) is 13.1 Å². The number of hydrogen-bond acceptors (Lipinski definition) is 2. The molecule has 3 saturated heterocycles. The molecule has 0 aliphatic carbocycles. The third kappa shape index (κ3) is 2.24. The largest absolute Gasteiger partial charge is 0.297 e. The van der Waals surface area contributed by atoms with E-state index in [0.29, 0.717) is 0 Å². The van der Waals surface area contributed by atoms with Crippen LogP contribution in [-0.4, -0.2) is 28.5 Å². The van der Waals surface area contributed by atoms with Crippen LogP contribution in [0.15, 0.2) is 28.7 Å². The minimum atomic E-state index is 0.930. The van der Waals surface area contributed by atoms with Crippen LogP contribution in [0, 0.1) is 0 Å². The van der Waals surface area contributed by atoms with Gasteiger partial charge in [-0.3, -0.25) is 4.90 Å². The van der Waals surface area contributed by atoms with Gasteiger partial charge in [0.05, 0.1) is 0 Å². The molecule has 80 valence electrons. The average molecular weight is 284 g/mol. The van der Waals surface area contributed by atoms with Crippen molar-refractivity contribution < 1.29 is 0 Å². The van der Waals surface area contributed by atoms with Crippen molar-refractivity contribution >= 4 is 27.7 Å². The van der Waals surface area contributed by atoms with E-state index in [1.54, 1.807) is 0 Å². The number of rotatable bonds is 2. The number of fused-ring (bicyclic) bond motifs is 2. The minimum absolute atomic E-state index is 0.930. The molecule has 3 fully saturated rings. The first kappa shape index (κ1) is 10.2. The van der Waals surface area contributed by atoms with Gasteiger partial charge < -0.3 is 0 Å². The second-order valence-corrected chi connectivity index (χ2v) is 6.96. The molecule has 1 aromatic carbocycles. The third-order valence-electron chi connectivity index (χ3n) is 3.15. The highest BCUT2D eigenvalue weighted by Crippen LogP contribution is 2.41. The molecule has 2 atom stereocenters. The fraction of sp³-hybridized carbons (Fsp3) is 0.500. The van der Waals surface area contributed by atoms with Crippen molar-refractivity contribution in [3.05, 3.63) is 34.3 Å². The molecule has 2 bridgehead atoms. The highest BCUT2D eigenvalue weighted by Gasteiger charge is 2.37. The number of hydrogen-bond donors (Lipinski definition) is 0. The van der Waals surface area contributed by atoms with Crippen LogP contribution >= 0.6 is 27.7 Å². The molecule has 0 radical (unpaired) electrons. The van der Waals surface area contributed by atoms with E-state index >= 15 is 0 Å². The molecule has 1 aromatic rings. The molecule has 0 amide bonds. The molecule has 0 saturated carbocycles. The fourth-order valence-electron chi connectivity index (χ4n) is 2.42. The third-order valence-corrected chi connectivity index (χ3v) is 5.14. The van der Waals surface area contributed by atoms with E-state index in [2.05, 4.69) is 56.9 Å². The molecule has 3 heteroatoms. The Morgan fingerprint density at radius 2 is 1.80 bits per heavy atom. The van der Waals surface area contributed by atoms with Crippen molar-refractivity contribution in [3.63, 3.8) is 0 Å². The first-order valence-corrected chi connectivity index (χ1v) is 7.15. The molecule has 4 rings (SSSR count). The monoisotopic (exact) mass is 283 g/mol. The summed E-state index contributed by atoms with van der Waals surface area (Å²) in [7, 11) is 0. The Morgan fingerprint density at radius 1 is 1.20 bits per heavy atom. The van der Waals surface area contributed by atoms with Crippen molar-refractivity contribution in [2.45, 2.75) is 23.5 Å². The van der Waals surface area contributed by atoms with Gasteiger partial charge in [-0.2, -0.15) is 11.8 Å². The maximum Gasteiger partial charge on any atom is 0.0234 e. The predicted molar refractivity (Wildman–Crippen MR) is 69.2 cm³/mol. The van der Waals surface area contributed by atoms with Crippen LogP contribution in [0.5, 0.6) is 0 Å². The Kier molecular flexibility index (Phi) is 2.79. The summed E-state index contributed by atoms with van der Waals surface area (Å²) >= 11 is 5.65. The van der Waals surface area contributed by atoms with Gasteiger partial charge in [-0.15, -0.1) is 0 Å². The molecule has 2 unspecified atom stereocenters. The number of piperidine rings is 1. The van der Waals surface area contributed by atoms with E-state index in [1.165, 1.54) is 29.5 Å². The highest BCUT2D eigenvalue weighted by molar-refractivity contribution is 9.10. The zero-order valence-electron chi connectivity index (χ0n) is 8.53. The number of thioether (sulfide) groups is 1. The maximum absolute atomic E-state index is 3.47. The Balaban J connectivity index is 1.63. The van der Waals surface area contributed by atoms with Crippen LogP contribution in [0.1, 0.15) is 12.0 Å². The molecule has 3 aliphatic heterocycles. The lowest BCUT2D eigenvalue weighted by Crippen LogP contribution is -2.50. The second-order valence-electron chi connectivity index (χ2n) is 4.44. The first-order chi connectivity index (χ1) is 7.29. The smallest absolute Gasteiger partial charge is 0.0234 e. The summed E-state index contributed by atoms with van der Waals surface area (Å²) in [5, 5.41) is 1.86. The first-order valence-electron chi connectivity index (χ1n) is 5.42. The summed E-state index contributed by atoms with van der Waals surface area (Å²) < 4.78 is 1.17. The second kappa shape index (κ2) is 4.11. The molecule has 0 aromatic heterocycles. The quantitative estimate of drug-likeness (QED) is 0.821. The van der Waals surface area contributed by atoms with Crippen LogP contribution in [0.25, 0.3) is 0 Å². The van der Waals surface area contributed by atoms with Crippen LogP contribution in [0.3, 0.4) is 0 Å². The summed E-state index contributed by atoms with van der Waals surface area (Å²) in [6, 6.07) is 8.71. The van der Waals surface area contributed by atoms with Gasteiger partial charge in [-0.05, 0) is 24.1 Å². The van der Waals surface area contributed by atoms with Gasteiger partial charge in [0.15, 0.2) is 0 Å². The standard InChI is InChI=1S/C12H14BrNS/c13-10-3-1-9(2-4-10)6-14-7-11-5-12(8-14)15-11/h1-4,11-12H,5-8H2. The average Bonchev–Trinajstić information content (AvgIpc) is 2.21. The molecule has 3 aliphatic rings. The van der Waals surface area contributed by atoms with Gasteiger partial charge in [0.1, 0.15) is 0 Å². The number of halogens is 1. The van der Waals surface area contributed by atoms with Crippen LogP contribution in [0.2, 0.25) is 0 Å². The summed E-state index contributed by atoms with van der Waals surface area (Å²) in [6.45, 7) is 3.70. The summed E-state index contributed by atoms with van der Waals surface area (Å²) in [5.74, 6) is 0. The lowest BCUT2D eigenvalue weighted by atomic mass is 10.1. The van der Waals surface area contributed by atoms with Gasteiger partial charge in [0, 0.05) is 34.6 Å². The summed E-state index contributed by atoms with van der Waals surface area (Å²) in [6.07, 6.45) is 1.46. The SMILES string of the molecule is Brc1ccc(CN2CC3CC(C2)S3)cc1. The summed E-state index contributed by atoms with van der Waals surface area (Å²) in [4.78, 5) is 2.60.